The van der Waals surface area contributed by atoms with Gasteiger partial charge in [-0.2, -0.15) is 0 Å². The molecule has 1 aromatic heterocycles. The quantitative estimate of drug-likeness (QED) is 0.421. The van der Waals surface area contributed by atoms with Crippen molar-refractivity contribution in [1.29, 1.82) is 0 Å². The predicted octanol–water partition coefficient (Wildman–Crippen LogP) is 5.96. The molecule has 2 heterocycles. The van der Waals surface area contributed by atoms with Crippen molar-refractivity contribution in [2.75, 3.05) is 24.6 Å². The topological polar surface area (TPSA) is 59.5 Å². The molecule has 1 fully saturated rings. The third-order valence-electron chi connectivity index (χ3n) is 5.30. The highest BCUT2D eigenvalue weighted by Gasteiger charge is 2.33. The molecule has 0 radical (unpaired) electrons. The van der Waals surface area contributed by atoms with Crippen LogP contribution in [0.25, 0.3) is 11.3 Å². The van der Waals surface area contributed by atoms with E-state index in [0.29, 0.717) is 37.6 Å². The Morgan fingerprint density at radius 1 is 1.13 bits per heavy atom. The van der Waals surface area contributed by atoms with Crippen molar-refractivity contribution in [1.82, 2.24) is 4.98 Å². The zero-order valence-corrected chi connectivity index (χ0v) is 20.1. The first-order valence-electron chi connectivity index (χ1n) is 10.0. The molecule has 0 aliphatic carbocycles. The number of ether oxygens (including phenoxy) is 1. The Bertz CT molecular complexity index is 1160. The van der Waals surface area contributed by atoms with E-state index in [1.165, 1.54) is 12.1 Å². The van der Waals surface area contributed by atoms with Crippen LogP contribution < -0.4 is 9.64 Å². The van der Waals surface area contributed by atoms with Gasteiger partial charge in [0.2, 0.25) is 0 Å². The Morgan fingerprint density at radius 2 is 1.84 bits per heavy atom. The lowest BCUT2D eigenvalue weighted by Crippen LogP contribution is -2.39. The third kappa shape index (κ3) is 4.85. The Morgan fingerprint density at radius 3 is 2.48 bits per heavy atom. The van der Waals surface area contributed by atoms with Crippen molar-refractivity contribution in [3.05, 3.63) is 57.9 Å². The van der Waals surface area contributed by atoms with E-state index >= 15 is 0 Å². The summed E-state index contributed by atoms with van der Waals surface area (Å²) >= 11 is 13.6. The summed E-state index contributed by atoms with van der Waals surface area (Å²) < 4.78 is 31.6. The fraction of sp³-hybridized carbons (Fsp3) is 0.318. The summed E-state index contributed by atoms with van der Waals surface area (Å²) in [4.78, 5) is 7.07. The fourth-order valence-electron chi connectivity index (χ4n) is 3.67. The van der Waals surface area contributed by atoms with E-state index in [9.17, 15) is 8.42 Å². The minimum absolute atomic E-state index is 0.157. The molecule has 1 saturated heterocycles. The van der Waals surface area contributed by atoms with Crippen LogP contribution in [0.4, 0.5) is 5.13 Å². The second kappa shape index (κ2) is 9.36. The lowest BCUT2D eigenvalue weighted by molar-refractivity contribution is 0.340. The summed E-state index contributed by atoms with van der Waals surface area (Å²) in [5.74, 6) is 0.839. The molecule has 0 N–H and O–H groups in total. The second-order valence-corrected chi connectivity index (χ2v) is 11.2. The van der Waals surface area contributed by atoms with Gasteiger partial charge in [-0.15, -0.1) is 11.3 Å². The van der Waals surface area contributed by atoms with E-state index in [1.807, 2.05) is 36.6 Å². The van der Waals surface area contributed by atoms with Gasteiger partial charge in [0.25, 0.3) is 0 Å². The van der Waals surface area contributed by atoms with Crippen molar-refractivity contribution in [3.8, 4) is 17.0 Å². The van der Waals surface area contributed by atoms with Crippen LogP contribution in [-0.2, 0) is 9.84 Å². The molecular formula is C22H22Cl2N2O3S2. The molecule has 164 valence electrons. The largest absolute Gasteiger partial charge is 0.494 e. The Hall–Kier alpha value is -1.80. The maximum atomic E-state index is 13.1. The number of rotatable bonds is 6. The van der Waals surface area contributed by atoms with Crippen LogP contribution in [0, 0.1) is 0 Å². The number of hydrogen-bond acceptors (Lipinski definition) is 6. The van der Waals surface area contributed by atoms with Crippen molar-refractivity contribution < 1.29 is 13.2 Å². The van der Waals surface area contributed by atoms with Gasteiger partial charge in [-0.05, 0) is 62.2 Å². The molecule has 2 aromatic carbocycles. The lowest BCUT2D eigenvalue weighted by atomic mass is 10.1. The first kappa shape index (κ1) is 22.4. The number of sulfone groups is 1. The summed E-state index contributed by atoms with van der Waals surface area (Å²) in [6.07, 6.45) is 1.05. The summed E-state index contributed by atoms with van der Waals surface area (Å²) in [5, 5.41) is 3.07. The van der Waals surface area contributed by atoms with E-state index in [4.69, 9.17) is 32.9 Å². The van der Waals surface area contributed by atoms with Gasteiger partial charge in [-0.1, -0.05) is 23.2 Å². The van der Waals surface area contributed by atoms with Crippen LogP contribution >= 0.6 is 34.5 Å². The van der Waals surface area contributed by atoms with E-state index < -0.39 is 15.1 Å². The molecule has 0 unspecified atom stereocenters. The number of aromatic nitrogens is 1. The van der Waals surface area contributed by atoms with Gasteiger partial charge in [0.05, 0.1) is 27.5 Å². The van der Waals surface area contributed by atoms with E-state index in [0.717, 1.165) is 22.1 Å². The van der Waals surface area contributed by atoms with Gasteiger partial charge in [0, 0.05) is 29.1 Å². The Balaban J connectivity index is 1.43. The van der Waals surface area contributed by atoms with Crippen LogP contribution in [0.1, 0.15) is 19.8 Å². The average molecular weight is 497 g/mol. The summed E-state index contributed by atoms with van der Waals surface area (Å²) in [6.45, 7) is 3.85. The number of halogens is 2. The Labute approximate surface area is 196 Å². The molecule has 1 aliphatic heterocycles. The predicted molar refractivity (Wildman–Crippen MR) is 128 cm³/mol. The standard InChI is InChI=1S/C22H22Cl2N2O3S2/c1-2-29-17-6-3-15(4-7-17)20-14-30-22(25-20)26-11-9-18(10-12-26)31(27,28)21-8-5-16(23)13-19(21)24/h3-8,13-14,18H,2,9-12H2,1H3. The second-order valence-electron chi connectivity index (χ2n) is 7.28. The number of thiazole rings is 1. The molecule has 31 heavy (non-hydrogen) atoms. The minimum atomic E-state index is -3.51. The summed E-state index contributed by atoms with van der Waals surface area (Å²) in [5.41, 5.74) is 1.94. The smallest absolute Gasteiger partial charge is 0.185 e. The number of piperidine rings is 1. The van der Waals surface area contributed by atoms with Gasteiger partial charge < -0.3 is 9.64 Å². The number of anilines is 1. The highest BCUT2D eigenvalue weighted by Crippen LogP contribution is 2.34. The monoisotopic (exact) mass is 496 g/mol. The van der Waals surface area contributed by atoms with Crippen LogP contribution in [0.2, 0.25) is 10.0 Å². The zero-order valence-electron chi connectivity index (χ0n) is 16.9. The SMILES string of the molecule is CCOc1ccc(-c2csc(N3CCC(S(=O)(=O)c4ccc(Cl)cc4Cl)CC3)n2)cc1. The van der Waals surface area contributed by atoms with Gasteiger partial charge in [-0.3, -0.25) is 0 Å². The molecular weight excluding hydrogens is 475 g/mol. The van der Waals surface area contributed by atoms with Gasteiger partial charge in [0.15, 0.2) is 15.0 Å². The number of benzene rings is 2. The molecule has 0 bridgehead atoms. The van der Waals surface area contributed by atoms with Crippen molar-refractivity contribution in [3.63, 3.8) is 0 Å². The molecule has 0 atom stereocenters. The highest BCUT2D eigenvalue weighted by atomic mass is 35.5. The van der Waals surface area contributed by atoms with Crippen LogP contribution in [0.3, 0.4) is 0 Å². The molecule has 0 saturated carbocycles. The molecule has 0 amide bonds. The minimum Gasteiger partial charge on any atom is -0.494 e. The van der Waals surface area contributed by atoms with Crippen molar-refractivity contribution in [2.45, 2.75) is 29.9 Å². The highest BCUT2D eigenvalue weighted by molar-refractivity contribution is 7.92. The molecule has 5 nitrogen and oxygen atoms in total. The normalized spacial score (nSPS) is 15.3. The molecule has 3 aromatic rings. The van der Waals surface area contributed by atoms with Crippen molar-refractivity contribution in [2.24, 2.45) is 0 Å². The van der Waals surface area contributed by atoms with E-state index in [2.05, 4.69) is 4.90 Å². The number of nitrogens with zero attached hydrogens (tertiary/aromatic N) is 2. The zero-order chi connectivity index (χ0) is 22.0. The molecule has 9 heteroatoms. The lowest BCUT2D eigenvalue weighted by Gasteiger charge is -2.31. The first-order valence-corrected chi connectivity index (χ1v) is 13.2. The van der Waals surface area contributed by atoms with Gasteiger partial charge in [-0.25, -0.2) is 13.4 Å². The van der Waals surface area contributed by atoms with Gasteiger partial charge in [0.1, 0.15) is 5.75 Å². The van der Waals surface area contributed by atoms with E-state index in [1.54, 1.807) is 17.4 Å². The molecule has 0 spiro atoms. The van der Waals surface area contributed by atoms with Crippen LogP contribution in [0.15, 0.2) is 52.7 Å². The fourth-order valence-corrected chi connectivity index (χ4v) is 7.07. The molecule has 1 aliphatic rings. The maximum absolute atomic E-state index is 13.1. The van der Waals surface area contributed by atoms with Crippen LogP contribution in [0.5, 0.6) is 5.75 Å². The summed E-state index contributed by atoms with van der Waals surface area (Å²) in [7, 11) is -3.51. The Kier molecular flexibility index (Phi) is 6.77. The number of hydrogen-bond donors (Lipinski definition) is 0. The molecule has 4 rings (SSSR count). The van der Waals surface area contributed by atoms with E-state index in [-0.39, 0.29) is 9.92 Å². The summed E-state index contributed by atoms with van der Waals surface area (Å²) in [6, 6.07) is 12.4. The van der Waals surface area contributed by atoms with Crippen molar-refractivity contribution >= 4 is 49.5 Å². The third-order valence-corrected chi connectivity index (χ3v) is 9.18. The first-order chi connectivity index (χ1) is 14.9. The maximum Gasteiger partial charge on any atom is 0.185 e. The average Bonchev–Trinajstić information content (AvgIpc) is 3.25. The van der Waals surface area contributed by atoms with Crippen LogP contribution in [-0.4, -0.2) is 38.3 Å². The van der Waals surface area contributed by atoms with Gasteiger partial charge >= 0.3 is 0 Å².